The fourth-order valence-corrected chi connectivity index (χ4v) is 1.50. The molecule has 0 aromatic heterocycles. The standard InChI is InChI=1S/C14H11N3O3/c18-10-12-3-1-11(2-4-12)9-15-16-13-5-7-14(8-6-13)17(19)20/h1-10,16H/b15-9+. The molecule has 6 nitrogen and oxygen atoms in total. The topological polar surface area (TPSA) is 84.6 Å². The second-order valence-electron chi connectivity index (χ2n) is 3.96. The van der Waals surface area contributed by atoms with Crippen molar-refractivity contribution in [3.63, 3.8) is 0 Å². The summed E-state index contributed by atoms with van der Waals surface area (Å²) in [5.41, 5.74) is 4.89. The van der Waals surface area contributed by atoms with Gasteiger partial charge in [0, 0.05) is 17.7 Å². The number of anilines is 1. The van der Waals surface area contributed by atoms with Crippen molar-refractivity contribution in [3.8, 4) is 0 Å². The van der Waals surface area contributed by atoms with Crippen LogP contribution in [0, 0.1) is 10.1 Å². The predicted molar refractivity (Wildman–Crippen MR) is 76.1 cm³/mol. The molecule has 0 aliphatic heterocycles. The van der Waals surface area contributed by atoms with Crippen molar-refractivity contribution in [1.29, 1.82) is 0 Å². The zero-order valence-electron chi connectivity index (χ0n) is 10.4. The monoisotopic (exact) mass is 269 g/mol. The second kappa shape index (κ2) is 6.24. The van der Waals surface area contributed by atoms with Gasteiger partial charge in [0.1, 0.15) is 6.29 Å². The third-order valence-electron chi connectivity index (χ3n) is 2.56. The van der Waals surface area contributed by atoms with E-state index in [1.165, 1.54) is 12.1 Å². The molecule has 0 atom stereocenters. The van der Waals surface area contributed by atoms with Crippen molar-refractivity contribution < 1.29 is 9.72 Å². The van der Waals surface area contributed by atoms with E-state index in [1.807, 2.05) is 0 Å². The van der Waals surface area contributed by atoms with E-state index in [-0.39, 0.29) is 5.69 Å². The van der Waals surface area contributed by atoms with Crippen LogP contribution in [0.25, 0.3) is 0 Å². The Labute approximate surface area is 114 Å². The SMILES string of the molecule is O=Cc1ccc(/C=N/Nc2ccc([N+](=O)[O-])cc2)cc1. The first-order valence-electron chi connectivity index (χ1n) is 5.78. The highest BCUT2D eigenvalue weighted by Gasteiger charge is 2.02. The molecule has 0 bridgehead atoms. The average molecular weight is 269 g/mol. The molecule has 2 aromatic rings. The van der Waals surface area contributed by atoms with Gasteiger partial charge in [-0.1, -0.05) is 24.3 Å². The van der Waals surface area contributed by atoms with Crippen LogP contribution in [0.1, 0.15) is 15.9 Å². The number of non-ortho nitro benzene ring substituents is 1. The molecular weight excluding hydrogens is 258 g/mol. The Balaban J connectivity index is 1.98. The van der Waals surface area contributed by atoms with Crippen LogP contribution in [0.15, 0.2) is 53.6 Å². The van der Waals surface area contributed by atoms with Gasteiger partial charge >= 0.3 is 0 Å². The smallest absolute Gasteiger partial charge is 0.269 e. The number of nitro benzene ring substituents is 1. The summed E-state index contributed by atoms with van der Waals surface area (Å²) in [6.45, 7) is 0. The molecule has 100 valence electrons. The first kappa shape index (κ1) is 13.4. The molecule has 2 rings (SSSR count). The summed E-state index contributed by atoms with van der Waals surface area (Å²) in [5, 5.41) is 14.5. The van der Waals surface area contributed by atoms with Crippen molar-refractivity contribution in [2.24, 2.45) is 5.10 Å². The molecule has 0 saturated carbocycles. The molecule has 0 radical (unpaired) electrons. The maximum Gasteiger partial charge on any atom is 0.269 e. The van der Waals surface area contributed by atoms with Gasteiger partial charge in [-0.2, -0.15) is 5.10 Å². The van der Waals surface area contributed by atoms with Gasteiger partial charge in [-0.25, -0.2) is 0 Å². The van der Waals surface area contributed by atoms with Gasteiger partial charge in [-0.15, -0.1) is 0 Å². The Morgan fingerprint density at radius 3 is 2.15 bits per heavy atom. The van der Waals surface area contributed by atoms with Crippen LogP contribution in [0.2, 0.25) is 0 Å². The number of hydrogen-bond donors (Lipinski definition) is 1. The normalized spacial score (nSPS) is 10.4. The van der Waals surface area contributed by atoms with Gasteiger partial charge in [0.05, 0.1) is 16.8 Å². The average Bonchev–Trinajstić information content (AvgIpc) is 2.48. The highest BCUT2D eigenvalue weighted by Crippen LogP contribution is 2.15. The number of carbonyl (C=O) groups is 1. The molecule has 0 aliphatic carbocycles. The van der Waals surface area contributed by atoms with Crippen molar-refractivity contribution in [2.75, 3.05) is 5.43 Å². The van der Waals surface area contributed by atoms with E-state index < -0.39 is 4.92 Å². The molecule has 0 aliphatic rings. The van der Waals surface area contributed by atoms with Crippen LogP contribution in [-0.2, 0) is 0 Å². The Bertz CT molecular complexity index is 634. The summed E-state index contributed by atoms with van der Waals surface area (Å²) >= 11 is 0. The summed E-state index contributed by atoms with van der Waals surface area (Å²) in [5.74, 6) is 0. The highest BCUT2D eigenvalue weighted by atomic mass is 16.6. The minimum absolute atomic E-state index is 0.0315. The summed E-state index contributed by atoms with van der Waals surface area (Å²) < 4.78 is 0. The quantitative estimate of drug-likeness (QED) is 0.391. The van der Waals surface area contributed by atoms with E-state index in [0.717, 1.165) is 11.8 Å². The number of hydrogen-bond acceptors (Lipinski definition) is 5. The number of benzene rings is 2. The van der Waals surface area contributed by atoms with Crippen LogP contribution in [0.3, 0.4) is 0 Å². The van der Waals surface area contributed by atoms with E-state index in [2.05, 4.69) is 10.5 Å². The van der Waals surface area contributed by atoms with E-state index in [9.17, 15) is 14.9 Å². The summed E-state index contributed by atoms with van der Waals surface area (Å²) in [6, 6.07) is 12.9. The number of nitro groups is 1. The number of nitrogens with one attached hydrogen (secondary N) is 1. The predicted octanol–water partition coefficient (Wildman–Crippen LogP) is 2.85. The molecule has 0 amide bonds. The van der Waals surface area contributed by atoms with Gasteiger partial charge in [0.15, 0.2) is 0 Å². The van der Waals surface area contributed by atoms with E-state index in [4.69, 9.17) is 0 Å². The number of rotatable bonds is 5. The Hall–Kier alpha value is -3.02. The largest absolute Gasteiger partial charge is 0.298 e. The minimum Gasteiger partial charge on any atom is -0.298 e. The number of carbonyl (C=O) groups excluding carboxylic acids is 1. The van der Waals surface area contributed by atoms with Crippen LogP contribution in [0.4, 0.5) is 11.4 Å². The summed E-state index contributed by atoms with van der Waals surface area (Å²) in [7, 11) is 0. The molecule has 0 unspecified atom stereocenters. The molecule has 1 N–H and O–H groups in total. The lowest BCUT2D eigenvalue weighted by Crippen LogP contribution is -1.92. The van der Waals surface area contributed by atoms with Crippen LogP contribution in [0.5, 0.6) is 0 Å². The van der Waals surface area contributed by atoms with E-state index in [1.54, 1.807) is 42.6 Å². The van der Waals surface area contributed by atoms with Crippen molar-refractivity contribution in [2.45, 2.75) is 0 Å². The molecule has 0 heterocycles. The first-order chi connectivity index (χ1) is 9.69. The molecular formula is C14H11N3O3. The second-order valence-corrected chi connectivity index (χ2v) is 3.96. The molecule has 6 heteroatoms. The van der Waals surface area contributed by atoms with Gasteiger partial charge in [0.25, 0.3) is 5.69 Å². The molecule has 0 saturated heterocycles. The van der Waals surface area contributed by atoms with Gasteiger partial charge in [-0.05, 0) is 17.7 Å². The Morgan fingerprint density at radius 1 is 1.00 bits per heavy atom. The lowest BCUT2D eigenvalue weighted by Gasteiger charge is -1.99. The van der Waals surface area contributed by atoms with Gasteiger partial charge < -0.3 is 0 Å². The molecule has 0 fully saturated rings. The Morgan fingerprint density at radius 2 is 1.60 bits per heavy atom. The van der Waals surface area contributed by atoms with Crippen molar-refractivity contribution in [1.82, 2.24) is 0 Å². The molecule has 20 heavy (non-hydrogen) atoms. The minimum atomic E-state index is -0.457. The lowest BCUT2D eigenvalue weighted by molar-refractivity contribution is -0.384. The summed E-state index contributed by atoms with van der Waals surface area (Å²) in [4.78, 5) is 20.5. The van der Waals surface area contributed by atoms with Crippen LogP contribution >= 0.6 is 0 Å². The third-order valence-corrected chi connectivity index (χ3v) is 2.56. The highest BCUT2D eigenvalue weighted by molar-refractivity contribution is 5.82. The van der Waals surface area contributed by atoms with E-state index >= 15 is 0 Å². The van der Waals surface area contributed by atoms with Crippen LogP contribution < -0.4 is 5.43 Å². The first-order valence-corrected chi connectivity index (χ1v) is 5.78. The lowest BCUT2D eigenvalue weighted by atomic mass is 10.2. The number of nitrogens with zero attached hydrogens (tertiary/aromatic N) is 2. The maximum absolute atomic E-state index is 10.5. The van der Waals surface area contributed by atoms with Gasteiger partial charge in [-0.3, -0.25) is 20.3 Å². The number of hydrazone groups is 1. The fraction of sp³-hybridized carbons (Fsp3) is 0. The van der Waals surface area contributed by atoms with E-state index in [0.29, 0.717) is 11.3 Å². The summed E-state index contributed by atoms with van der Waals surface area (Å²) in [6.07, 6.45) is 2.37. The van der Waals surface area contributed by atoms with Gasteiger partial charge in [0.2, 0.25) is 0 Å². The third kappa shape index (κ3) is 3.49. The zero-order valence-corrected chi connectivity index (χ0v) is 10.4. The van der Waals surface area contributed by atoms with Crippen molar-refractivity contribution >= 4 is 23.9 Å². The number of aldehydes is 1. The zero-order chi connectivity index (χ0) is 14.4. The maximum atomic E-state index is 10.5. The molecule has 0 spiro atoms. The Kier molecular flexibility index (Phi) is 4.18. The van der Waals surface area contributed by atoms with Crippen LogP contribution in [-0.4, -0.2) is 17.4 Å². The fourth-order valence-electron chi connectivity index (χ4n) is 1.50. The van der Waals surface area contributed by atoms with Crippen molar-refractivity contribution in [3.05, 3.63) is 69.8 Å². The molecule has 2 aromatic carbocycles.